The van der Waals surface area contributed by atoms with Gasteiger partial charge in [-0.05, 0) is 24.5 Å². The number of nitrogens with zero attached hydrogens (tertiary/aromatic N) is 3. The quantitative estimate of drug-likeness (QED) is 0.765. The molecular weight excluding hydrogens is 254 g/mol. The zero-order chi connectivity index (χ0) is 14.2. The first-order chi connectivity index (χ1) is 9.64. The van der Waals surface area contributed by atoms with Crippen molar-refractivity contribution in [3.8, 4) is 0 Å². The van der Waals surface area contributed by atoms with Crippen LogP contribution in [0.1, 0.15) is 24.3 Å². The highest BCUT2D eigenvalue weighted by molar-refractivity contribution is 5.87. The number of ether oxygens (including phenoxy) is 1. The molecule has 108 valence electrons. The van der Waals surface area contributed by atoms with Crippen LogP contribution in [0.2, 0.25) is 0 Å². The van der Waals surface area contributed by atoms with Crippen molar-refractivity contribution in [2.75, 3.05) is 26.3 Å². The molecule has 2 saturated heterocycles. The molecule has 20 heavy (non-hydrogen) atoms. The van der Waals surface area contributed by atoms with Gasteiger partial charge >= 0.3 is 0 Å². The summed E-state index contributed by atoms with van der Waals surface area (Å²) >= 11 is 0. The maximum Gasteiger partial charge on any atom is 0.245 e. The van der Waals surface area contributed by atoms with Crippen LogP contribution in [-0.2, 0) is 16.6 Å². The van der Waals surface area contributed by atoms with E-state index in [2.05, 4.69) is 17.9 Å². The number of aryl methyl sites for hydroxylation is 1. The summed E-state index contributed by atoms with van der Waals surface area (Å²) in [6.45, 7) is 6.74. The predicted molar refractivity (Wildman–Crippen MR) is 75.2 cm³/mol. The third-order valence-corrected chi connectivity index (χ3v) is 4.75. The van der Waals surface area contributed by atoms with Gasteiger partial charge in [0.05, 0.1) is 6.20 Å². The summed E-state index contributed by atoms with van der Waals surface area (Å²) in [4.78, 5) is 13.9. The summed E-state index contributed by atoms with van der Waals surface area (Å²) in [5, 5.41) is 4.29. The molecule has 1 atom stereocenters. The van der Waals surface area contributed by atoms with Gasteiger partial charge in [-0.2, -0.15) is 5.10 Å². The average molecular weight is 275 g/mol. The van der Waals surface area contributed by atoms with Gasteiger partial charge in [0.1, 0.15) is 0 Å². The summed E-state index contributed by atoms with van der Waals surface area (Å²) < 4.78 is 7.36. The molecule has 0 N–H and O–H groups in total. The van der Waals surface area contributed by atoms with Crippen LogP contribution in [0.15, 0.2) is 25.0 Å². The number of carbonyl (C=O) groups is 1. The lowest BCUT2D eigenvalue weighted by atomic mass is 9.70. The molecule has 3 rings (SSSR count). The average Bonchev–Trinajstić information content (AvgIpc) is 3.03. The van der Waals surface area contributed by atoms with Crippen molar-refractivity contribution in [3.63, 3.8) is 0 Å². The lowest BCUT2D eigenvalue weighted by Crippen LogP contribution is -2.36. The van der Waals surface area contributed by atoms with Gasteiger partial charge in [-0.3, -0.25) is 9.48 Å². The number of carbonyl (C=O) groups excluding carboxylic acids is 1. The van der Waals surface area contributed by atoms with Gasteiger partial charge in [0.25, 0.3) is 0 Å². The van der Waals surface area contributed by atoms with Gasteiger partial charge in [-0.25, -0.2) is 0 Å². The molecule has 1 spiro atoms. The standard InChI is InChI=1S/C15H21N3O2/c1-3-14(19)18-10-13(12-8-16-17(2)9-12)15(11-18)4-6-20-7-5-15/h3,8-9,13H,1,4-7,10-11H2,2H3. The Morgan fingerprint density at radius 1 is 1.55 bits per heavy atom. The zero-order valence-electron chi connectivity index (χ0n) is 11.9. The van der Waals surface area contributed by atoms with Gasteiger partial charge in [0.15, 0.2) is 0 Å². The molecule has 5 nitrogen and oxygen atoms in total. The van der Waals surface area contributed by atoms with E-state index in [4.69, 9.17) is 4.74 Å². The molecule has 2 aliphatic heterocycles. The summed E-state index contributed by atoms with van der Waals surface area (Å²) in [6, 6.07) is 0. The molecule has 0 aliphatic carbocycles. The van der Waals surface area contributed by atoms with E-state index in [1.54, 1.807) is 0 Å². The Kier molecular flexibility index (Phi) is 3.38. The number of hydrogen-bond acceptors (Lipinski definition) is 3. The molecule has 2 aliphatic rings. The van der Waals surface area contributed by atoms with E-state index in [1.807, 2.05) is 22.8 Å². The summed E-state index contributed by atoms with van der Waals surface area (Å²) in [5.41, 5.74) is 1.37. The fourth-order valence-corrected chi connectivity index (χ4v) is 3.63. The zero-order valence-corrected chi connectivity index (χ0v) is 11.9. The molecule has 2 fully saturated rings. The van der Waals surface area contributed by atoms with E-state index in [0.29, 0.717) is 5.92 Å². The Morgan fingerprint density at radius 3 is 2.90 bits per heavy atom. The van der Waals surface area contributed by atoms with Crippen LogP contribution < -0.4 is 0 Å². The molecule has 1 amide bonds. The van der Waals surface area contributed by atoms with E-state index < -0.39 is 0 Å². The van der Waals surface area contributed by atoms with Crippen LogP contribution >= 0.6 is 0 Å². The van der Waals surface area contributed by atoms with Crippen LogP contribution in [0.3, 0.4) is 0 Å². The minimum absolute atomic E-state index is 0.0299. The number of amides is 1. The predicted octanol–water partition coefficient (Wildman–Crippen LogP) is 1.33. The van der Waals surface area contributed by atoms with Crippen LogP contribution in [0.25, 0.3) is 0 Å². The molecule has 0 aromatic carbocycles. The van der Waals surface area contributed by atoms with Crippen molar-refractivity contribution in [3.05, 3.63) is 30.6 Å². The minimum atomic E-state index is 0.0299. The van der Waals surface area contributed by atoms with E-state index >= 15 is 0 Å². The second kappa shape index (κ2) is 5.05. The van der Waals surface area contributed by atoms with Gasteiger partial charge in [0, 0.05) is 50.9 Å². The van der Waals surface area contributed by atoms with Crippen LogP contribution in [0.5, 0.6) is 0 Å². The van der Waals surface area contributed by atoms with E-state index in [-0.39, 0.29) is 11.3 Å². The van der Waals surface area contributed by atoms with E-state index in [0.717, 1.165) is 39.1 Å². The SMILES string of the molecule is C=CC(=O)N1CC(c2cnn(C)c2)C2(CCOCC2)C1. The van der Waals surface area contributed by atoms with Crippen molar-refractivity contribution in [2.45, 2.75) is 18.8 Å². The second-order valence-corrected chi connectivity index (χ2v) is 5.90. The van der Waals surface area contributed by atoms with Gasteiger partial charge in [-0.1, -0.05) is 6.58 Å². The third kappa shape index (κ3) is 2.16. The second-order valence-electron chi connectivity index (χ2n) is 5.90. The fourth-order valence-electron chi connectivity index (χ4n) is 3.63. The number of aromatic nitrogens is 2. The number of hydrogen-bond donors (Lipinski definition) is 0. The first kappa shape index (κ1) is 13.4. The van der Waals surface area contributed by atoms with Crippen molar-refractivity contribution < 1.29 is 9.53 Å². The maximum atomic E-state index is 12.0. The molecule has 0 bridgehead atoms. The number of likely N-dealkylation sites (tertiary alicyclic amines) is 1. The van der Waals surface area contributed by atoms with Gasteiger partial charge in [0.2, 0.25) is 5.91 Å². The van der Waals surface area contributed by atoms with E-state index in [9.17, 15) is 4.79 Å². The van der Waals surface area contributed by atoms with Gasteiger partial charge < -0.3 is 9.64 Å². The molecule has 3 heterocycles. The Hall–Kier alpha value is -1.62. The van der Waals surface area contributed by atoms with Crippen molar-refractivity contribution in [1.82, 2.24) is 14.7 Å². The third-order valence-electron chi connectivity index (χ3n) is 4.75. The Bertz CT molecular complexity index is 517. The maximum absolute atomic E-state index is 12.0. The Labute approximate surface area is 119 Å². The summed E-state index contributed by atoms with van der Waals surface area (Å²) in [6.07, 6.45) is 7.44. The highest BCUT2D eigenvalue weighted by atomic mass is 16.5. The lowest BCUT2D eigenvalue weighted by Gasteiger charge is -2.37. The number of rotatable bonds is 2. The molecule has 0 saturated carbocycles. The Morgan fingerprint density at radius 2 is 2.30 bits per heavy atom. The normalized spacial score (nSPS) is 25.1. The summed E-state index contributed by atoms with van der Waals surface area (Å²) in [5.74, 6) is 0.381. The van der Waals surface area contributed by atoms with Crippen molar-refractivity contribution >= 4 is 5.91 Å². The highest BCUT2D eigenvalue weighted by Gasteiger charge is 2.49. The first-order valence-electron chi connectivity index (χ1n) is 7.12. The largest absolute Gasteiger partial charge is 0.381 e. The van der Waals surface area contributed by atoms with Crippen molar-refractivity contribution in [2.24, 2.45) is 12.5 Å². The molecule has 1 aromatic heterocycles. The lowest BCUT2D eigenvalue weighted by molar-refractivity contribution is -0.125. The van der Waals surface area contributed by atoms with Crippen LogP contribution in [0, 0.1) is 5.41 Å². The minimum Gasteiger partial charge on any atom is -0.381 e. The smallest absolute Gasteiger partial charge is 0.245 e. The van der Waals surface area contributed by atoms with E-state index in [1.165, 1.54) is 11.6 Å². The fraction of sp³-hybridized carbons (Fsp3) is 0.600. The topological polar surface area (TPSA) is 47.4 Å². The van der Waals surface area contributed by atoms with Crippen LogP contribution in [-0.4, -0.2) is 46.9 Å². The van der Waals surface area contributed by atoms with Crippen LogP contribution in [0.4, 0.5) is 0 Å². The molecule has 1 aromatic rings. The van der Waals surface area contributed by atoms with Gasteiger partial charge in [-0.15, -0.1) is 0 Å². The molecule has 5 heteroatoms. The summed E-state index contributed by atoms with van der Waals surface area (Å²) in [7, 11) is 1.93. The molecule has 0 radical (unpaired) electrons. The Balaban J connectivity index is 1.91. The first-order valence-corrected chi connectivity index (χ1v) is 7.12. The highest BCUT2D eigenvalue weighted by Crippen LogP contribution is 2.49. The molecule has 1 unspecified atom stereocenters. The monoisotopic (exact) mass is 275 g/mol. The van der Waals surface area contributed by atoms with Crippen molar-refractivity contribution in [1.29, 1.82) is 0 Å². The molecular formula is C15H21N3O2.